The van der Waals surface area contributed by atoms with E-state index in [-0.39, 0.29) is 12.0 Å². The van der Waals surface area contributed by atoms with Gasteiger partial charge in [0.15, 0.2) is 0 Å². The molecule has 1 fully saturated rings. The number of hydrogen-bond acceptors (Lipinski definition) is 3. The number of hydrogen-bond donors (Lipinski definition) is 2. The monoisotopic (exact) mass is 215 g/mol. The largest absolute Gasteiger partial charge is 0.396 e. The highest BCUT2D eigenvalue weighted by molar-refractivity contribution is 4.71. The second-order valence-corrected chi connectivity index (χ2v) is 5.28. The third-order valence-corrected chi connectivity index (χ3v) is 2.95. The van der Waals surface area contributed by atoms with E-state index >= 15 is 0 Å². The molecule has 3 heteroatoms. The highest BCUT2D eigenvalue weighted by Crippen LogP contribution is 2.15. The molecular formula is C12H25NO2. The summed E-state index contributed by atoms with van der Waals surface area (Å²) in [6, 6.07) is 0. The number of aliphatic hydroxyl groups excluding tert-OH is 1. The van der Waals surface area contributed by atoms with E-state index in [4.69, 9.17) is 9.84 Å². The Morgan fingerprint density at radius 2 is 2.20 bits per heavy atom. The van der Waals surface area contributed by atoms with Gasteiger partial charge in [0, 0.05) is 25.2 Å². The SMILES string of the molecule is CC(C)(CO)CNCCC1CCCCO1. The summed E-state index contributed by atoms with van der Waals surface area (Å²) in [5.41, 5.74) is -0.00653. The van der Waals surface area contributed by atoms with Crippen LogP contribution in [0.2, 0.25) is 0 Å². The maximum Gasteiger partial charge on any atom is 0.0587 e. The van der Waals surface area contributed by atoms with Crippen LogP contribution in [-0.2, 0) is 4.74 Å². The fourth-order valence-corrected chi connectivity index (χ4v) is 1.78. The van der Waals surface area contributed by atoms with Gasteiger partial charge in [-0.25, -0.2) is 0 Å². The first-order valence-corrected chi connectivity index (χ1v) is 6.07. The van der Waals surface area contributed by atoms with Gasteiger partial charge < -0.3 is 15.2 Å². The van der Waals surface area contributed by atoms with Crippen LogP contribution in [0.4, 0.5) is 0 Å². The smallest absolute Gasteiger partial charge is 0.0587 e. The zero-order chi connectivity index (χ0) is 11.1. The molecular weight excluding hydrogens is 190 g/mol. The second-order valence-electron chi connectivity index (χ2n) is 5.28. The first kappa shape index (κ1) is 12.9. The minimum absolute atomic E-state index is 0.00653. The lowest BCUT2D eigenvalue weighted by Crippen LogP contribution is -2.34. The molecule has 3 nitrogen and oxygen atoms in total. The molecule has 1 atom stereocenters. The van der Waals surface area contributed by atoms with E-state index in [1.54, 1.807) is 0 Å². The van der Waals surface area contributed by atoms with E-state index in [2.05, 4.69) is 19.2 Å². The lowest BCUT2D eigenvalue weighted by Gasteiger charge is -2.25. The Labute approximate surface area is 93.2 Å². The van der Waals surface area contributed by atoms with Gasteiger partial charge in [-0.05, 0) is 32.2 Å². The van der Waals surface area contributed by atoms with Crippen molar-refractivity contribution in [2.24, 2.45) is 5.41 Å². The first-order valence-electron chi connectivity index (χ1n) is 6.07. The molecule has 15 heavy (non-hydrogen) atoms. The zero-order valence-corrected chi connectivity index (χ0v) is 10.1. The molecule has 0 bridgehead atoms. The number of aliphatic hydroxyl groups is 1. The predicted octanol–water partition coefficient (Wildman–Crippen LogP) is 1.55. The van der Waals surface area contributed by atoms with Crippen LogP contribution < -0.4 is 5.32 Å². The van der Waals surface area contributed by atoms with Gasteiger partial charge in [-0.1, -0.05) is 13.8 Å². The summed E-state index contributed by atoms with van der Waals surface area (Å²) in [6.45, 7) is 7.17. The van der Waals surface area contributed by atoms with Crippen molar-refractivity contribution in [2.75, 3.05) is 26.3 Å². The zero-order valence-electron chi connectivity index (χ0n) is 10.1. The Hall–Kier alpha value is -0.120. The van der Waals surface area contributed by atoms with Crippen LogP contribution in [0.25, 0.3) is 0 Å². The molecule has 0 aliphatic carbocycles. The van der Waals surface area contributed by atoms with Crippen molar-refractivity contribution >= 4 is 0 Å². The molecule has 0 saturated carbocycles. The number of nitrogens with one attached hydrogen (secondary N) is 1. The molecule has 1 aliphatic heterocycles. The highest BCUT2D eigenvalue weighted by atomic mass is 16.5. The van der Waals surface area contributed by atoms with Crippen molar-refractivity contribution in [2.45, 2.75) is 45.6 Å². The summed E-state index contributed by atoms with van der Waals surface area (Å²) in [4.78, 5) is 0. The molecule has 0 spiro atoms. The first-order chi connectivity index (χ1) is 7.14. The van der Waals surface area contributed by atoms with Crippen LogP contribution in [0.5, 0.6) is 0 Å². The molecule has 2 N–H and O–H groups in total. The molecule has 1 rings (SSSR count). The van der Waals surface area contributed by atoms with E-state index in [0.717, 1.165) is 26.1 Å². The summed E-state index contributed by atoms with van der Waals surface area (Å²) >= 11 is 0. The fraction of sp³-hybridized carbons (Fsp3) is 1.00. The third-order valence-electron chi connectivity index (χ3n) is 2.95. The summed E-state index contributed by atoms with van der Waals surface area (Å²) in [7, 11) is 0. The summed E-state index contributed by atoms with van der Waals surface area (Å²) in [6.07, 6.45) is 5.31. The lowest BCUT2D eigenvalue weighted by atomic mass is 9.95. The quantitative estimate of drug-likeness (QED) is 0.661. The van der Waals surface area contributed by atoms with Crippen LogP contribution in [0, 0.1) is 5.41 Å². The maximum atomic E-state index is 9.08. The molecule has 0 aromatic heterocycles. The molecule has 0 aromatic carbocycles. The van der Waals surface area contributed by atoms with Gasteiger partial charge in [-0.2, -0.15) is 0 Å². The Kier molecular flexibility index (Phi) is 5.58. The van der Waals surface area contributed by atoms with Crippen LogP contribution in [-0.4, -0.2) is 37.5 Å². The summed E-state index contributed by atoms with van der Waals surface area (Å²) in [5.74, 6) is 0. The van der Waals surface area contributed by atoms with E-state index in [0.29, 0.717) is 6.10 Å². The fourth-order valence-electron chi connectivity index (χ4n) is 1.78. The Morgan fingerprint density at radius 3 is 2.80 bits per heavy atom. The average Bonchev–Trinajstić information content (AvgIpc) is 2.26. The minimum Gasteiger partial charge on any atom is -0.396 e. The van der Waals surface area contributed by atoms with Crippen molar-refractivity contribution in [3.63, 3.8) is 0 Å². The van der Waals surface area contributed by atoms with Gasteiger partial charge in [-0.3, -0.25) is 0 Å². The molecule has 1 aliphatic rings. The second kappa shape index (κ2) is 6.46. The predicted molar refractivity (Wildman–Crippen MR) is 61.9 cm³/mol. The topological polar surface area (TPSA) is 41.5 Å². The third kappa shape index (κ3) is 5.50. The normalized spacial score (nSPS) is 23.0. The van der Waals surface area contributed by atoms with Crippen LogP contribution in [0.1, 0.15) is 39.5 Å². The van der Waals surface area contributed by atoms with Gasteiger partial charge in [-0.15, -0.1) is 0 Å². The van der Waals surface area contributed by atoms with Gasteiger partial charge in [0.05, 0.1) is 6.10 Å². The maximum absolute atomic E-state index is 9.08. The molecule has 1 unspecified atom stereocenters. The molecule has 90 valence electrons. The summed E-state index contributed by atoms with van der Waals surface area (Å²) in [5, 5.41) is 12.5. The van der Waals surface area contributed by atoms with Crippen LogP contribution in [0.15, 0.2) is 0 Å². The lowest BCUT2D eigenvalue weighted by molar-refractivity contribution is 0.0111. The van der Waals surface area contributed by atoms with Crippen molar-refractivity contribution in [1.82, 2.24) is 5.32 Å². The van der Waals surface area contributed by atoms with Crippen molar-refractivity contribution < 1.29 is 9.84 Å². The van der Waals surface area contributed by atoms with Gasteiger partial charge in [0.1, 0.15) is 0 Å². The Bertz CT molecular complexity index is 165. The molecule has 0 amide bonds. The number of ether oxygens (including phenoxy) is 1. The Morgan fingerprint density at radius 1 is 1.40 bits per heavy atom. The van der Waals surface area contributed by atoms with Crippen molar-refractivity contribution in [3.8, 4) is 0 Å². The highest BCUT2D eigenvalue weighted by Gasteiger charge is 2.16. The Balaban J connectivity index is 2.00. The van der Waals surface area contributed by atoms with Crippen molar-refractivity contribution in [1.29, 1.82) is 0 Å². The van der Waals surface area contributed by atoms with E-state index in [1.165, 1.54) is 19.3 Å². The van der Waals surface area contributed by atoms with E-state index < -0.39 is 0 Å². The summed E-state index contributed by atoms with van der Waals surface area (Å²) < 4.78 is 5.65. The van der Waals surface area contributed by atoms with Crippen LogP contribution in [0.3, 0.4) is 0 Å². The average molecular weight is 215 g/mol. The minimum atomic E-state index is -0.00653. The molecule has 0 aromatic rings. The standard InChI is InChI=1S/C12H25NO2/c1-12(2,10-14)9-13-7-6-11-5-3-4-8-15-11/h11,13-14H,3-10H2,1-2H3. The van der Waals surface area contributed by atoms with Crippen LogP contribution >= 0.6 is 0 Å². The molecule has 0 radical (unpaired) electrons. The number of rotatable bonds is 6. The molecule has 1 saturated heterocycles. The van der Waals surface area contributed by atoms with Gasteiger partial charge in [0.2, 0.25) is 0 Å². The van der Waals surface area contributed by atoms with Crippen molar-refractivity contribution in [3.05, 3.63) is 0 Å². The molecule has 1 heterocycles. The van der Waals surface area contributed by atoms with Gasteiger partial charge in [0.25, 0.3) is 0 Å². The van der Waals surface area contributed by atoms with Gasteiger partial charge >= 0.3 is 0 Å². The van der Waals surface area contributed by atoms with E-state index in [1.807, 2.05) is 0 Å². The van der Waals surface area contributed by atoms with E-state index in [9.17, 15) is 0 Å².